The summed E-state index contributed by atoms with van der Waals surface area (Å²) in [4.78, 5) is 14.8. The zero-order valence-corrected chi connectivity index (χ0v) is 12.0. The molecule has 1 atom stereocenters. The van der Waals surface area contributed by atoms with E-state index in [1.54, 1.807) is 39.0 Å². The fourth-order valence-corrected chi connectivity index (χ4v) is 1.90. The van der Waals surface area contributed by atoms with Crippen molar-refractivity contribution in [3.63, 3.8) is 0 Å². The molecule has 0 fully saturated rings. The lowest BCUT2D eigenvalue weighted by molar-refractivity contribution is -0.138. The predicted molar refractivity (Wildman–Crippen MR) is 71.1 cm³/mol. The average molecular weight is 288 g/mol. The van der Waals surface area contributed by atoms with Crippen LogP contribution >= 0.6 is 0 Å². The molecule has 0 aliphatic rings. The van der Waals surface area contributed by atoms with Gasteiger partial charge in [0.15, 0.2) is 0 Å². The summed E-state index contributed by atoms with van der Waals surface area (Å²) in [7, 11) is 4.88. The molecule has 0 saturated heterocycles. The summed E-state index contributed by atoms with van der Waals surface area (Å²) in [5.41, 5.74) is -0.489. The molecule has 0 radical (unpaired) electrons. The summed E-state index contributed by atoms with van der Waals surface area (Å²) in [6, 6.07) is 4.94. The highest BCUT2D eigenvalue weighted by Gasteiger charge is 2.33. The summed E-state index contributed by atoms with van der Waals surface area (Å²) in [6.45, 7) is 1.75. The Morgan fingerprint density at radius 1 is 1.20 bits per heavy atom. The van der Waals surface area contributed by atoms with E-state index < -0.39 is 17.8 Å². The third-order valence-corrected chi connectivity index (χ3v) is 3.20. The molecule has 0 aliphatic carbocycles. The summed E-state index contributed by atoms with van der Waals surface area (Å²) < 4.78 is 38.7. The molecule has 112 valence electrons. The smallest absolute Gasteiger partial charge is 0.347 e. The van der Waals surface area contributed by atoms with E-state index in [0.717, 1.165) is 6.07 Å². The van der Waals surface area contributed by atoms with Gasteiger partial charge >= 0.3 is 6.18 Å². The number of hydrogen-bond acceptors (Lipinski definition) is 2. The number of amides is 1. The van der Waals surface area contributed by atoms with Crippen molar-refractivity contribution < 1.29 is 18.0 Å². The summed E-state index contributed by atoms with van der Waals surface area (Å²) in [6.07, 6.45) is -4.38. The maximum atomic E-state index is 12.9. The molecule has 0 heterocycles. The molecule has 0 saturated carbocycles. The number of hydrogen-bond donors (Lipinski definition) is 0. The molecule has 1 amide bonds. The Hall–Kier alpha value is -1.56. The van der Waals surface area contributed by atoms with Gasteiger partial charge in [0.25, 0.3) is 0 Å². The molecule has 3 nitrogen and oxygen atoms in total. The highest BCUT2D eigenvalue weighted by molar-refractivity contribution is 5.80. The number of carbonyl (C=O) groups excluding carboxylic acids is 1. The topological polar surface area (TPSA) is 23.6 Å². The van der Waals surface area contributed by atoms with Crippen molar-refractivity contribution >= 4 is 5.91 Å². The first kappa shape index (κ1) is 16.5. The Bertz CT molecular complexity index is 472. The fraction of sp³-hybridized carbons (Fsp3) is 0.500. The maximum absolute atomic E-state index is 12.9. The van der Waals surface area contributed by atoms with E-state index in [9.17, 15) is 18.0 Å². The van der Waals surface area contributed by atoms with Gasteiger partial charge in [0, 0.05) is 20.6 Å². The Labute approximate surface area is 117 Å². The standard InChI is InChI=1S/C14H19F3N2O/c1-10(13(20)18(2)3)19(4)9-11-7-5-6-8-12(11)14(15,16)17/h5-8,10H,9H2,1-4H3. The second-order valence-electron chi connectivity index (χ2n) is 4.98. The van der Waals surface area contributed by atoms with Crippen molar-refractivity contribution in [3.05, 3.63) is 35.4 Å². The average Bonchev–Trinajstić information content (AvgIpc) is 2.36. The van der Waals surface area contributed by atoms with Crippen molar-refractivity contribution in [1.82, 2.24) is 9.80 Å². The zero-order valence-electron chi connectivity index (χ0n) is 12.0. The van der Waals surface area contributed by atoms with E-state index in [1.165, 1.54) is 17.0 Å². The quantitative estimate of drug-likeness (QED) is 0.850. The van der Waals surface area contributed by atoms with E-state index >= 15 is 0 Å². The van der Waals surface area contributed by atoms with Gasteiger partial charge in [-0.25, -0.2) is 0 Å². The van der Waals surface area contributed by atoms with E-state index in [1.807, 2.05) is 0 Å². The summed E-state index contributed by atoms with van der Waals surface area (Å²) in [5.74, 6) is -0.142. The number of nitrogens with zero attached hydrogens (tertiary/aromatic N) is 2. The van der Waals surface area contributed by atoms with Crippen molar-refractivity contribution in [2.24, 2.45) is 0 Å². The molecule has 1 aromatic carbocycles. The van der Waals surface area contributed by atoms with E-state index in [2.05, 4.69) is 0 Å². The number of rotatable bonds is 4. The molecule has 6 heteroatoms. The van der Waals surface area contributed by atoms with E-state index in [4.69, 9.17) is 0 Å². The van der Waals surface area contributed by atoms with Crippen molar-refractivity contribution in [2.45, 2.75) is 25.7 Å². The molecular formula is C14H19F3N2O. The molecule has 0 bridgehead atoms. The highest BCUT2D eigenvalue weighted by Crippen LogP contribution is 2.32. The monoisotopic (exact) mass is 288 g/mol. The lowest BCUT2D eigenvalue weighted by atomic mass is 10.1. The van der Waals surface area contributed by atoms with Gasteiger partial charge in [-0.2, -0.15) is 13.2 Å². The lowest BCUT2D eigenvalue weighted by Crippen LogP contribution is -2.42. The van der Waals surface area contributed by atoms with Crippen molar-refractivity contribution in [1.29, 1.82) is 0 Å². The molecule has 1 aromatic rings. The molecule has 1 unspecified atom stereocenters. The van der Waals surface area contributed by atoms with Crippen LogP contribution in [0.5, 0.6) is 0 Å². The van der Waals surface area contributed by atoms with Gasteiger partial charge < -0.3 is 4.90 Å². The molecule has 0 spiro atoms. The Balaban J connectivity index is 2.92. The molecule has 0 aliphatic heterocycles. The van der Waals surface area contributed by atoms with Gasteiger partial charge in [0.2, 0.25) is 5.91 Å². The summed E-state index contributed by atoms with van der Waals surface area (Å²) in [5, 5.41) is 0. The molecule has 1 rings (SSSR count). The van der Waals surface area contributed by atoms with Crippen LogP contribution in [0.4, 0.5) is 13.2 Å². The van der Waals surface area contributed by atoms with Gasteiger partial charge in [0.1, 0.15) is 0 Å². The largest absolute Gasteiger partial charge is 0.416 e. The summed E-state index contributed by atoms with van der Waals surface area (Å²) >= 11 is 0. The second-order valence-corrected chi connectivity index (χ2v) is 4.98. The number of benzene rings is 1. The van der Waals surface area contributed by atoms with Gasteiger partial charge in [-0.05, 0) is 25.6 Å². The Morgan fingerprint density at radius 3 is 2.25 bits per heavy atom. The Morgan fingerprint density at radius 2 is 1.75 bits per heavy atom. The van der Waals surface area contributed by atoms with Gasteiger partial charge in [-0.15, -0.1) is 0 Å². The SMILES string of the molecule is CC(C(=O)N(C)C)N(C)Cc1ccccc1C(F)(F)F. The van der Waals surface area contributed by atoms with E-state index in [-0.39, 0.29) is 18.0 Å². The second kappa shape index (κ2) is 6.26. The van der Waals surface area contributed by atoms with Crippen LogP contribution < -0.4 is 0 Å². The van der Waals surface area contributed by atoms with Crippen LogP contribution in [-0.2, 0) is 17.5 Å². The van der Waals surface area contributed by atoms with Crippen LogP contribution in [0.2, 0.25) is 0 Å². The number of likely N-dealkylation sites (N-methyl/N-ethyl adjacent to an activating group) is 2. The first-order valence-electron chi connectivity index (χ1n) is 6.21. The number of alkyl halides is 3. The van der Waals surface area contributed by atoms with Crippen molar-refractivity contribution in [2.75, 3.05) is 21.1 Å². The van der Waals surface area contributed by atoms with Crippen LogP contribution in [0.25, 0.3) is 0 Å². The first-order valence-corrected chi connectivity index (χ1v) is 6.21. The molecule has 0 N–H and O–H groups in total. The highest BCUT2D eigenvalue weighted by atomic mass is 19.4. The maximum Gasteiger partial charge on any atom is 0.416 e. The zero-order chi connectivity index (χ0) is 15.5. The predicted octanol–water partition coefficient (Wildman–Crippen LogP) is 2.61. The molecular weight excluding hydrogens is 269 g/mol. The fourth-order valence-electron chi connectivity index (χ4n) is 1.90. The van der Waals surface area contributed by atoms with Crippen LogP contribution in [0.15, 0.2) is 24.3 Å². The van der Waals surface area contributed by atoms with Gasteiger partial charge in [0.05, 0.1) is 11.6 Å². The number of halogens is 3. The van der Waals surface area contributed by atoms with Crippen LogP contribution in [0, 0.1) is 0 Å². The normalized spacial score (nSPS) is 13.4. The van der Waals surface area contributed by atoms with Crippen molar-refractivity contribution in [3.8, 4) is 0 Å². The van der Waals surface area contributed by atoms with Crippen LogP contribution in [-0.4, -0.2) is 42.9 Å². The Kier molecular flexibility index (Phi) is 5.16. The third kappa shape index (κ3) is 3.96. The molecule has 20 heavy (non-hydrogen) atoms. The first-order chi connectivity index (χ1) is 9.14. The van der Waals surface area contributed by atoms with Crippen LogP contribution in [0.3, 0.4) is 0 Å². The van der Waals surface area contributed by atoms with Gasteiger partial charge in [-0.1, -0.05) is 18.2 Å². The minimum absolute atomic E-state index is 0.0659. The minimum Gasteiger partial charge on any atom is -0.347 e. The number of carbonyl (C=O) groups is 1. The van der Waals surface area contributed by atoms with E-state index in [0.29, 0.717) is 0 Å². The minimum atomic E-state index is -4.38. The van der Waals surface area contributed by atoms with Crippen LogP contribution in [0.1, 0.15) is 18.1 Å². The lowest BCUT2D eigenvalue weighted by Gasteiger charge is -2.27. The molecule has 0 aromatic heterocycles. The third-order valence-electron chi connectivity index (χ3n) is 3.20. The van der Waals surface area contributed by atoms with Gasteiger partial charge in [-0.3, -0.25) is 9.69 Å².